The number of nitrogens with zero attached hydrogens (tertiary/aromatic N) is 1. The minimum absolute atomic E-state index is 0.229. The second kappa shape index (κ2) is 8.04. The molecular formula is C13H27NO2. The van der Waals surface area contributed by atoms with E-state index in [9.17, 15) is 0 Å². The van der Waals surface area contributed by atoms with Gasteiger partial charge in [-0.15, -0.1) is 0 Å². The SMILES string of the molecule is CCCC1CCN(CC(COC)OC)CC1. The number of hydrogen-bond acceptors (Lipinski definition) is 3. The molecule has 16 heavy (non-hydrogen) atoms. The molecule has 96 valence electrons. The van der Waals surface area contributed by atoms with Gasteiger partial charge in [0, 0.05) is 20.8 Å². The Balaban J connectivity index is 2.20. The van der Waals surface area contributed by atoms with Crippen LogP contribution in [0.25, 0.3) is 0 Å². The average molecular weight is 229 g/mol. The monoisotopic (exact) mass is 229 g/mol. The van der Waals surface area contributed by atoms with E-state index in [1.807, 2.05) is 0 Å². The lowest BCUT2D eigenvalue weighted by atomic mass is 9.92. The summed E-state index contributed by atoms with van der Waals surface area (Å²) in [7, 11) is 3.51. The highest BCUT2D eigenvalue weighted by Gasteiger charge is 2.20. The number of likely N-dealkylation sites (tertiary alicyclic amines) is 1. The van der Waals surface area contributed by atoms with Crippen LogP contribution in [0.1, 0.15) is 32.6 Å². The minimum Gasteiger partial charge on any atom is -0.382 e. The summed E-state index contributed by atoms with van der Waals surface area (Å²) < 4.78 is 10.5. The summed E-state index contributed by atoms with van der Waals surface area (Å²) in [5.74, 6) is 0.963. The predicted molar refractivity (Wildman–Crippen MR) is 66.7 cm³/mol. The van der Waals surface area contributed by atoms with Crippen molar-refractivity contribution in [2.24, 2.45) is 5.92 Å². The second-order valence-electron chi connectivity index (χ2n) is 4.85. The van der Waals surface area contributed by atoms with Crippen LogP contribution in [-0.4, -0.2) is 51.5 Å². The van der Waals surface area contributed by atoms with Crippen molar-refractivity contribution in [1.82, 2.24) is 4.90 Å². The lowest BCUT2D eigenvalue weighted by Gasteiger charge is -2.33. The Hall–Kier alpha value is -0.120. The van der Waals surface area contributed by atoms with Crippen LogP contribution in [0.3, 0.4) is 0 Å². The van der Waals surface area contributed by atoms with Crippen molar-refractivity contribution in [3.05, 3.63) is 0 Å². The van der Waals surface area contributed by atoms with Gasteiger partial charge in [0.25, 0.3) is 0 Å². The van der Waals surface area contributed by atoms with Crippen LogP contribution in [0.5, 0.6) is 0 Å². The molecule has 0 amide bonds. The average Bonchev–Trinajstić information content (AvgIpc) is 2.31. The van der Waals surface area contributed by atoms with E-state index in [1.54, 1.807) is 14.2 Å². The molecular weight excluding hydrogens is 202 g/mol. The van der Waals surface area contributed by atoms with Crippen LogP contribution in [0, 0.1) is 5.92 Å². The zero-order valence-electron chi connectivity index (χ0n) is 11.1. The molecule has 1 atom stereocenters. The van der Waals surface area contributed by atoms with Crippen LogP contribution in [-0.2, 0) is 9.47 Å². The number of hydrogen-bond donors (Lipinski definition) is 0. The maximum atomic E-state index is 5.40. The summed E-state index contributed by atoms with van der Waals surface area (Å²) in [6.45, 7) is 6.46. The molecule has 0 aromatic rings. The highest BCUT2D eigenvalue weighted by atomic mass is 16.5. The van der Waals surface area contributed by atoms with E-state index in [1.165, 1.54) is 38.8 Å². The molecule has 0 bridgehead atoms. The summed E-state index contributed by atoms with van der Waals surface area (Å²) in [6, 6.07) is 0. The van der Waals surface area contributed by atoms with Gasteiger partial charge in [-0.3, -0.25) is 0 Å². The summed E-state index contributed by atoms with van der Waals surface area (Å²) in [6.07, 6.45) is 5.68. The van der Waals surface area contributed by atoms with Crippen molar-refractivity contribution in [2.75, 3.05) is 40.5 Å². The van der Waals surface area contributed by atoms with Crippen LogP contribution in [0.15, 0.2) is 0 Å². The second-order valence-corrected chi connectivity index (χ2v) is 4.85. The van der Waals surface area contributed by atoms with Gasteiger partial charge in [-0.05, 0) is 31.8 Å². The molecule has 0 saturated carbocycles. The molecule has 0 N–H and O–H groups in total. The molecule has 0 spiro atoms. The molecule has 1 heterocycles. The molecule has 3 nitrogen and oxygen atoms in total. The fourth-order valence-electron chi connectivity index (χ4n) is 2.54. The minimum atomic E-state index is 0.229. The van der Waals surface area contributed by atoms with Gasteiger partial charge in [-0.25, -0.2) is 0 Å². The van der Waals surface area contributed by atoms with Crippen molar-refractivity contribution >= 4 is 0 Å². The van der Waals surface area contributed by atoms with Crippen molar-refractivity contribution in [1.29, 1.82) is 0 Å². The maximum absolute atomic E-state index is 5.40. The highest BCUT2D eigenvalue weighted by molar-refractivity contribution is 4.74. The zero-order valence-corrected chi connectivity index (χ0v) is 11.1. The third-order valence-electron chi connectivity index (χ3n) is 3.55. The lowest BCUT2D eigenvalue weighted by Crippen LogP contribution is -2.40. The van der Waals surface area contributed by atoms with E-state index in [0.717, 1.165) is 12.5 Å². The molecule has 0 aliphatic carbocycles. The van der Waals surface area contributed by atoms with Crippen molar-refractivity contribution in [2.45, 2.75) is 38.7 Å². The van der Waals surface area contributed by atoms with Crippen molar-refractivity contribution in [3.63, 3.8) is 0 Å². The van der Waals surface area contributed by atoms with Gasteiger partial charge in [0.05, 0.1) is 12.7 Å². The first-order chi connectivity index (χ1) is 7.80. The Labute approximate surface area is 100 Å². The molecule has 1 aliphatic heterocycles. The van der Waals surface area contributed by atoms with Gasteiger partial charge in [0.1, 0.15) is 0 Å². The lowest BCUT2D eigenvalue weighted by molar-refractivity contribution is -0.000265. The smallest absolute Gasteiger partial charge is 0.0931 e. The first kappa shape index (κ1) is 13.9. The Bertz CT molecular complexity index is 167. The molecule has 1 rings (SSSR count). The molecule has 3 heteroatoms. The predicted octanol–water partition coefficient (Wildman–Crippen LogP) is 2.16. The largest absolute Gasteiger partial charge is 0.382 e. The first-order valence-corrected chi connectivity index (χ1v) is 6.54. The van der Waals surface area contributed by atoms with Crippen LogP contribution < -0.4 is 0 Å². The molecule has 0 radical (unpaired) electrons. The number of ether oxygens (including phenoxy) is 2. The van der Waals surface area contributed by atoms with Gasteiger partial charge in [0.15, 0.2) is 0 Å². The molecule has 1 fully saturated rings. The first-order valence-electron chi connectivity index (χ1n) is 6.54. The van der Waals surface area contributed by atoms with Crippen LogP contribution >= 0.6 is 0 Å². The Kier molecular flexibility index (Phi) is 7.01. The quantitative estimate of drug-likeness (QED) is 0.668. The van der Waals surface area contributed by atoms with Crippen LogP contribution in [0.4, 0.5) is 0 Å². The third kappa shape index (κ3) is 4.81. The standard InChI is InChI=1S/C13H27NO2/c1-4-5-12-6-8-14(9-7-12)10-13(16-3)11-15-2/h12-13H,4-11H2,1-3H3. The summed E-state index contributed by atoms with van der Waals surface area (Å²) >= 11 is 0. The van der Waals surface area contributed by atoms with Crippen molar-refractivity contribution in [3.8, 4) is 0 Å². The molecule has 1 saturated heterocycles. The fraction of sp³-hybridized carbons (Fsp3) is 1.00. The topological polar surface area (TPSA) is 21.7 Å². The summed E-state index contributed by atoms with van der Waals surface area (Å²) in [5.41, 5.74) is 0. The third-order valence-corrected chi connectivity index (χ3v) is 3.55. The van der Waals surface area contributed by atoms with E-state index in [2.05, 4.69) is 11.8 Å². The van der Waals surface area contributed by atoms with Gasteiger partial charge >= 0.3 is 0 Å². The Morgan fingerprint density at radius 3 is 2.44 bits per heavy atom. The molecule has 1 aliphatic rings. The highest BCUT2D eigenvalue weighted by Crippen LogP contribution is 2.21. The van der Waals surface area contributed by atoms with E-state index in [0.29, 0.717) is 6.61 Å². The fourth-order valence-corrected chi connectivity index (χ4v) is 2.54. The molecule has 0 aromatic heterocycles. The molecule has 0 aromatic carbocycles. The van der Waals surface area contributed by atoms with Gasteiger partial charge in [0.2, 0.25) is 0 Å². The zero-order chi connectivity index (χ0) is 11.8. The van der Waals surface area contributed by atoms with Gasteiger partial charge in [-0.2, -0.15) is 0 Å². The summed E-state index contributed by atoms with van der Waals surface area (Å²) in [5, 5.41) is 0. The summed E-state index contributed by atoms with van der Waals surface area (Å²) in [4.78, 5) is 2.51. The number of piperidine rings is 1. The number of methoxy groups -OCH3 is 2. The van der Waals surface area contributed by atoms with E-state index in [4.69, 9.17) is 9.47 Å². The van der Waals surface area contributed by atoms with Gasteiger partial charge in [-0.1, -0.05) is 19.8 Å². The van der Waals surface area contributed by atoms with E-state index in [-0.39, 0.29) is 6.10 Å². The maximum Gasteiger partial charge on any atom is 0.0931 e. The Morgan fingerprint density at radius 2 is 1.94 bits per heavy atom. The number of rotatable bonds is 7. The van der Waals surface area contributed by atoms with Gasteiger partial charge < -0.3 is 14.4 Å². The Morgan fingerprint density at radius 1 is 1.25 bits per heavy atom. The van der Waals surface area contributed by atoms with E-state index < -0.39 is 0 Å². The normalized spacial score (nSPS) is 21.2. The van der Waals surface area contributed by atoms with Crippen LogP contribution in [0.2, 0.25) is 0 Å². The van der Waals surface area contributed by atoms with Crippen molar-refractivity contribution < 1.29 is 9.47 Å². The molecule has 1 unspecified atom stereocenters. The van der Waals surface area contributed by atoms with E-state index >= 15 is 0 Å².